The van der Waals surface area contributed by atoms with Gasteiger partial charge in [-0.2, -0.15) is 0 Å². The molecule has 2 aliphatic heterocycles. The van der Waals surface area contributed by atoms with E-state index >= 15 is 0 Å². The second kappa shape index (κ2) is 5.03. The summed E-state index contributed by atoms with van der Waals surface area (Å²) in [6.07, 6.45) is 2.69. The van der Waals surface area contributed by atoms with Gasteiger partial charge >= 0.3 is 5.97 Å². The summed E-state index contributed by atoms with van der Waals surface area (Å²) >= 11 is 0. The molecular formula is C15H18N2O2. The highest BCUT2D eigenvalue weighted by molar-refractivity contribution is 6.01. The molecule has 4 nitrogen and oxygen atoms in total. The summed E-state index contributed by atoms with van der Waals surface area (Å²) in [5.74, 6) is 0.0488. The van der Waals surface area contributed by atoms with Crippen LogP contribution in [0, 0.1) is 5.92 Å². The Morgan fingerprint density at radius 1 is 1.37 bits per heavy atom. The third kappa shape index (κ3) is 2.35. The predicted molar refractivity (Wildman–Crippen MR) is 73.5 cm³/mol. The lowest BCUT2D eigenvalue weighted by Crippen LogP contribution is -2.43. The van der Waals surface area contributed by atoms with Crippen LogP contribution in [0.2, 0.25) is 0 Å². The van der Waals surface area contributed by atoms with Gasteiger partial charge < -0.3 is 10.0 Å². The summed E-state index contributed by atoms with van der Waals surface area (Å²) in [5, 5.41) is 9.18. The predicted octanol–water partition coefficient (Wildman–Crippen LogP) is 1.79. The molecule has 2 heterocycles. The molecular weight excluding hydrogens is 240 g/mol. The Labute approximate surface area is 112 Å². The van der Waals surface area contributed by atoms with Crippen LogP contribution in [-0.4, -0.2) is 41.4 Å². The van der Waals surface area contributed by atoms with E-state index in [1.165, 1.54) is 11.1 Å². The molecule has 4 heteroatoms. The molecule has 0 saturated carbocycles. The van der Waals surface area contributed by atoms with E-state index in [4.69, 9.17) is 0 Å². The number of carbonyl (C=O) groups is 1. The van der Waals surface area contributed by atoms with Crippen LogP contribution >= 0.6 is 0 Å². The Hall–Kier alpha value is -1.84. The van der Waals surface area contributed by atoms with Gasteiger partial charge in [0.05, 0.1) is 5.92 Å². The first-order chi connectivity index (χ1) is 9.25. The molecule has 0 amide bonds. The molecule has 0 bridgehead atoms. The summed E-state index contributed by atoms with van der Waals surface area (Å²) in [4.78, 5) is 18.0. The topological polar surface area (TPSA) is 52.9 Å². The van der Waals surface area contributed by atoms with Crippen LogP contribution in [-0.2, 0) is 11.2 Å². The van der Waals surface area contributed by atoms with Gasteiger partial charge in [0, 0.05) is 25.2 Å². The molecule has 19 heavy (non-hydrogen) atoms. The highest BCUT2D eigenvalue weighted by atomic mass is 16.4. The fourth-order valence-electron chi connectivity index (χ4n) is 2.97. The molecule has 100 valence electrons. The van der Waals surface area contributed by atoms with E-state index in [9.17, 15) is 9.90 Å². The van der Waals surface area contributed by atoms with Crippen molar-refractivity contribution in [3.05, 3.63) is 35.4 Å². The number of carboxylic acids is 1. The number of hydrogen-bond acceptors (Lipinski definition) is 3. The van der Waals surface area contributed by atoms with Gasteiger partial charge in [0.1, 0.15) is 5.84 Å². The van der Waals surface area contributed by atoms with E-state index in [-0.39, 0.29) is 5.92 Å². The summed E-state index contributed by atoms with van der Waals surface area (Å²) < 4.78 is 0. The number of amidine groups is 1. The number of piperidine rings is 1. The largest absolute Gasteiger partial charge is 0.481 e. The number of likely N-dealkylation sites (tertiary alicyclic amines) is 1. The molecule has 1 atom stereocenters. The van der Waals surface area contributed by atoms with E-state index in [0.29, 0.717) is 6.54 Å². The number of carboxylic acid groups (broad SMARTS) is 1. The summed E-state index contributed by atoms with van der Waals surface area (Å²) in [7, 11) is 0. The van der Waals surface area contributed by atoms with Gasteiger partial charge in [-0.25, -0.2) is 0 Å². The van der Waals surface area contributed by atoms with Crippen LogP contribution in [0.4, 0.5) is 0 Å². The zero-order valence-electron chi connectivity index (χ0n) is 10.9. The monoisotopic (exact) mass is 258 g/mol. The second-order valence-electron chi connectivity index (χ2n) is 5.24. The van der Waals surface area contributed by atoms with E-state index < -0.39 is 5.97 Å². The number of hydrogen-bond donors (Lipinski definition) is 1. The summed E-state index contributed by atoms with van der Waals surface area (Å²) in [6.45, 7) is 2.31. The Morgan fingerprint density at radius 3 is 3.05 bits per heavy atom. The zero-order valence-corrected chi connectivity index (χ0v) is 10.9. The molecule has 2 aliphatic rings. The molecule has 1 unspecified atom stereocenters. The number of nitrogens with zero attached hydrogens (tertiary/aromatic N) is 2. The lowest BCUT2D eigenvalue weighted by atomic mass is 9.95. The maximum atomic E-state index is 11.2. The van der Waals surface area contributed by atoms with E-state index in [1.807, 2.05) is 6.07 Å². The van der Waals surface area contributed by atoms with Crippen LogP contribution in [0.5, 0.6) is 0 Å². The van der Waals surface area contributed by atoms with Gasteiger partial charge in [0.2, 0.25) is 0 Å². The van der Waals surface area contributed by atoms with Crippen molar-refractivity contribution in [2.45, 2.75) is 19.3 Å². The number of aliphatic carboxylic acids is 1. The first kappa shape index (κ1) is 12.2. The Morgan fingerprint density at radius 2 is 2.21 bits per heavy atom. The van der Waals surface area contributed by atoms with Crippen molar-refractivity contribution in [3.63, 3.8) is 0 Å². The van der Waals surface area contributed by atoms with E-state index in [0.717, 1.165) is 38.2 Å². The molecule has 0 aliphatic carbocycles. The third-order valence-corrected chi connectivity index (χ3v) is 3.97. The van der Waals surface area contributed by atoms with Crippen LogP contribution in [0.25, 0.3) is 0 Å². The lowest BCUT2D eigenvalue weighted by Gasteiger charge is -2.35. The summed E-state index contributed by atoms with van der Waals surface area (Å²) in [5.41, 5.74) is 2.50. The molecule has 0 radical (unpaired) electrons. The number of rotatable bonds is 1. The maximum Gasteiger partial charge on any atom is 0.308 e. The van der Waals surface area contributed by atoms with Crippen LogP contribution < -0.4 is 0 Å². The highest BCUT2D eigenvalue weighted by Crippen LogP contribution is 2.23. The average Bonchev–Trinajstić information content (AvgIpc) is 2.47. The van der Waals surface area contributed by atoms with Crippen molar-refractivity contribution in [1.82, 2.24) is 4.90 Å². The van der Waals surface area contributed by atoms with Crippen molar-refractivity contribution >= 4 is 11.8 Å². The number of benzene rings is 1. The first-order valence-electron chi connectivity index (χ1n) is 6.86. The van der Waals surface area contributed by atoms with E-state index in [2.05, 4.69) is 28.1 Å². The molecule has 0 aromatic heterocycles. The van der Waals surface area contributed by atoms with E-state index in [1.54, 1.807) is 0 Å². The van der Waals surface area contributed by atoms with Gasteiger partial charge in [-0.05, 0) is 24.8 Å². The molecule has 1 N–H and O–H groups in total. The first-order valence-corrected chi connectivity index (χ1v) is 6.86. The minimum atomic E-state index is -0.686. The average molecular weight is 258 g/mol. The number of fused-ring (bicyclic) bond motifs is 1. The number of aliphatic imine (C=N–C) groups is 1. The van der Waals surface area contributed by atoms with Crippen LogP contribution in [0.3, 0.4) is 0 Å². The molecule has 1 fully saturated rings. The normalized spacial score (nSPS) is 22.6. The molecule has 0 spiro atoms. The van der Waals surface area contributed by atoms with Gasteiger partial charge in [-0.3, -0.25) is 9.79 Å². The fraction of sp³-hybridized carbons (Fsp3) is 0.467. The molecule has 1 aromatic carbocycles. The fourth-order valence-corrected chi connectivity index (χ4v) is 2.97. The standard InChI is InChI=1S/C15H18N2O2/c18-15(19)12-5-3-9-17(10-12)14-13-6-2-1-4-11(13)7-8-16-14/h1-2,4,6,12H,3,5,7-10H2,(H,18,19). The minimum absolute atomic E-state index is 0.259. The Kier molecular flexibility index (Phi) is 3.23. The molecule has 1 aromatic rings. The van der Waals surface area contributed by atoms with Gasteiger partial charge in [-0.15, -0.1) is 0 Å². The third-order valence-electron chi connectivity index (χ3n) is 3.97. The SMILES string of the molecule is O=C(O)C1CCCN(C2=NCCc3ccccc32)C1. The van der Waals surface area contributed by atoms with Crippen molar-refractivity contribution in [2.24, 2.45) is 10.9 Å². The Bertz CT molecular complexity index is 525. The summed E-state index contributed by atoms with van der Waals surface area (Å²) in [6, 6.07) is 8.32. The highest BCUT2D eigenvalue weighted by Gasteiger charge is 2.29. The molecule has 3 rings (SSSR count). The van der Waals surface area contributed by atoms with Crippen LogP contribution in [0.15, 0.2) is 29.3 Å². The van der Waals surface area contributed by atoms with Gasteiger partial charge in [0.25, 0.3) is 0 Å². The van der Waals surface area contributed by atoms with Crippen molar-refractivity contribution in [2.75, 3.05) is 19.6 Å². The van der Waals surface area contributed by atoms with Crippen molar-refractivity contribution in [3.8, 4) is 0 Å². The minimum Gasteiger partial charge on any atom is -0.481 e. The molecule has 1 saturated heterocycles. The van der Waals surface area contributed by atoms with Crippen molar-refractivity contribution in [1.29, 1.82) is 0 Å². The smallest absolute Gasteiger partial charge is 0.308 e. The maximum absolute atomic E-state index is 11.2. The lowest BCUT2D eigenvalue weighted by molar-refractivity contribution is -0.143. The van der Waals surface area contributed by atoms with Gasteiger partial charge in [0.15, 0.2) is 0 Å². The quantitative estimate of drug-likeness (QED) is 0.835. The van der Waals surface area contributed by atoms with Gasteiger partial charge in [-0.1, -0.05) is 24.3 Å². The second-order valence-corrected chi connectivity index (χ2v) is 5.24. The Balaban J connectivity index is 1.86. The van der Waals surface area contributed by atoms with Crippen LogP contribution in [0.1, 0.15) is 24.0 Å². The zero-order chi connectivity index (χ0) is 13.2. The van der Waals surface area contributed by atoms with Crippen molar-refractivity contribution < 1.29 is 9.90 Å².